The number of aromatic carboxylic acids is 1. The van der Waals surface area contributed by atoms with E-state index in [9.17, 15) is 4.79 Å². The van der Waals surface area contributed by atoms with Gasteiger partial charge in [-0.1, -0.05) is 18.2 Å². The average molecular weight is 258 g/mol. The first-order chi connectivity index (χ1) is 9.24. The Bertz CT molecular complexity index is 606. The molecule has 1 atom stereocenters. The fraction of sp³-hybridized carbons (Fsp3) is 0.286. The fourth-order valence-electron chi connectivity index (χ4n) is 2.41. The van der Waals surface area contributed by atoms with Crippen molar-refractivity contribution in [2.24, 2.45) is 0 Å². The largest absolute Gasteiger partial charge is 0.493 e. The van der Waals surface area contributed by atoms with Gasteiger partial charge in [-0.15, -0.1) is 0 Å². The van der Waals surface area contributed by atoms with Crippen molar-refractivity contribution in [2.45, 2.75) is 18.9 Å². The average Bonchev–Trinajstić information content (AvgIpc) is 2.88. The van der Waals surface area contributed by atoms with E-state index in [1.54, 1.807) is 10.9 Å². The number of aromatic nitrogens is 2. The summed E-state index contributed by atoms with van der Waals surface area (Å²) in [5.74, 6) is 0.287. The predicted molar refractivity (Wildman–Crippen MR) is 68.5 cm³/mol. The second-order valence-electron chi connectivity index (χ2n) is 4.63. The van der Waals surface area contributed by atoms with E-state index in [2.05, 4.69) is 11.2 Å². The Morgan fingerprint density at radius 2 is 2.32 bits per heavy atom. The number of fused-ring (bicyclic) bond motifs is 1. The van der Waals surface area contributed by atoms with E-state index in [4.69, 9.17) is 9.84 Å². The summed E-state index contributed by atoms with van der Waals surface area (Å²) in [6, 6.07) is 7.97. The van der Waals surface area contributed by atoms with Gasteiger partial charge >= 0.3 is 5.97 Å². The van der Waals surface area contributed by atoms with Gasteiger partial charge in [0.15, 0.2) is 0 Å². The summed E-state index contributed by atoms with van der Waals surface area (Å²) >= 11 is 0. The smallest absolute Gasteiger partial charge is 0.338 e. The Morgan fingerprint density at radius 3 is 3.11 bits per heavy atom. The van der Waals surface area contributed by atoms with E-state index in [-0.39, 0.29) is 5.56 Å². The first kappa shape index (κ1) is 11.8. The summed E-state index contributed by atoms with van der Waals surface area (Å²) in [5.41, 5.74) is 1.39. The van der Waals surface area contributed by atoms with Gasteiger partial charge in [-0.3, -0.25) is 4.68 Å². The van der Waals surface area contributed by atoms with E-state index in [0.717, 1.165) is 12.2 Å². The molecule has 0 radical (unpaired) electrons. The lowest BCUT2D eigenvalue weighted by molar-refractivity contribution is 0.0696. The molecule has 1 aliphatic heterocycles. The molecule has 1 aliphatic rings. The molecule has 0 amide bonds. The SMILES string of the molecule is O=C(O)c1cnn(CC2CCOc3ccccc32)c1. The van der Waals surface area contributed by atoms with Crippen molar-refractivity contribution in [3.63, 3.8) is 0 Å². The van der Waals surface area contributed by atoms with Gasteiger partial charge in [-0.05, 0) is 18.1 Å². The molecule has 0 fully saturated rings. The van der Waals surface area contributed by atoms with E-state index >= 15 is 0 Å². The van der Waals surface area contributed by atoms with E-state index in [0.29, 0.717) is 19.1 Å². The zero-order valence-corrected chi connectivity index (χ0v) is 10.3. The molecule has 2 aromatic rings. The highest BCUT2D eigenvalue weighted by Gasteiger charge is 2.21. The number of carbonyl (C=O) groups is 1. The van der Waals surface area contributed by atoms with Crippen LogP contribution in [0.5, 0.6) is 5.75 Å². The summed E-state index contributed by atoms with van der Waals surface area (Å²) < 4.78 is 7.30. The fourth-order valence-corrected chi connectivity index (χ4v) is 2.41. The molecule has 2 heterocycles. The molecule has 0 saturated carbocycles. The van der Waals surface area contributed by atoms with Crippen LogP contribution in [0.3, 0.4) is 0 Å². The summed E-state index contributed by atoms with van der Waals surface area (Å²) in [6.45, 7) is 1.36. The molecule has 0 bridgehead atoms. The predicted octanol–water partition coefficient (Wildman–Crippen LogP) is 2.15. The van der Waals surface area contributed by atoms with Gasteiger partial charge in [0, 0.05) is 18.7 Å². The molecule has 3 rings (SSSR count). The summed E-state index contributed by atoms with van der Waals surface area (Å²) in [5, 5.41) is 13.0. The molecular weight excluding hydrogens is 244 g/mol. The van der Waals surface area contributed by atoms with Crippen LogP contribution >= 0.6 is 0 Å². The third kappa shape index (κ3) is 2.31. The van der Waals surface area contributed by atoms with Crippen LogP contribution in [0.2, 0.25) is 0 Å². The van der Waals surface area contributed by atoms with Gasteiger partial charge in [0.2, 0.25) is 0 Å². The zero-order chi connectivity index (χ0) is 13.2. The van der Waals surface area contributed by atoms with Gasteiger partial charge in [-0.25, -0.2) is 4.79 Å². The number of hydrogen-bond acceptors (Lipinski definition) is 3. The third-order valence-corrected chi connectivity index (χ3v) is 3.37. The molecular formula is C14H14N2O3. The van der Waals surface area contributed by atoms with Crippen molar-refractivity contribution >= 4 is 5.97 Å². The molecule has 0 saturated heterocycles. The quantitative estimate of drug-likeness (QED) is 0.916. The second-order valence-corrected chi connectivity index (χ2v) is 4.63. The highest BCUT2D eigenvalue weighted by molar-refractivity contribution is 5.86. The molecule has 1 unspecified atom stereocenters. The molecule has 98 valence electrons. The number of carboxylic acid groups (broad SMARTS) is 1. The van der Waals surface area contributed by atoms with Crippen molar-refractivity contribution in [1.29, 1.82) is 0 Å². The van der Waals surface area contributed by atoms with Gasteiger partial charge in [0.05, 0.1) is 18.4 Å². The summed E-state index contributed by atoms with van der Waals surface area (Å²) in [4.78, 5) is 10.8. The lowest BCUT2D eigenvalue weighted by Crippen LogP contribution is -2.18. The van der Waals surface area contributed by atoms with Crippen LogP contribution in [0, 0.1) is 0 Å². The maximum atomic E-state index is 10.8. The number of nitrogens with zero attached hydrogens (tertiary/aromatic N) is 2. The minimum absolute atomic E-state index is 0.223. The Labute approximate surface area is 110 Å². The first-order valence-corrected chi connectivity index (χ1v) is 6.21. The third-order valence-electron chi connectivity index (χ3n) is 3.37. The normalized spacial score (nSPS) is 17.6. The maximum absolute atomic E-state index is 10.8. The minimum Gasteiger partial charge on any atom is -0.493 e. The van der Waals surface area contributed by atoms with Crippen LogP contribution in [0.25, 0.3) is 0 Å². The number of para-hydroxylation sites is 1. The van der Waals surface area contributed by atoms with Gasteiger partial charge in [-0.2, -0.15) is 5.10 Å². The van der Waals surface area contributed by atoms with Gasteiger partial charge in [0.1, 0.15) is 5.75 Å². The molecule has 5 heteroatoms. The molecule has 19 heavy (non-hydrogen) atoms. The number of carboxylic acids is 1. The molecule has 1 aromatic heterocycles. The molecule has 1 aromatic carbocycles. The monoisotopic (exact) mass is 258 g/mol. The Hall–Kier alpha value is -2.30. The molecule has 0 aliphatic carbocycles. The summed E-state index contributed by atoms with van der Waals surface area (Å²) in [6.07, 6.45) is 3.87. The second kappa shape index (κ2) is 4.76. The van der Waals surface area contributed by atoms with Gasteiger partial charge in [0.25, 0.3) is 0 Å². The molecule has 5 nitrogen and oxygen atoms in total. The Balaban J connectivity index is 1.82. The number of hydrogen-bond donors (Lipinski definition) is 1. The Morgan fingerprint density at radius 1 is 1.47 bits per heavy atom. The van der Waals surface area contributed by atoms with Crippen molar-refractivity contribution in [2.75, 3.05) is 6.61 Å². The van der Waals surface area contributed by atoms with Crippen molar-refractivity contribution < 1.29 is 14.6 Å². The number of rotatable bonds is 3. The summed E-state index contributed by atoms with van der Waals surface area (Å²) in [7, 11) is 0. The topological polar surface area (TPSA) is 64.3 Å². The highest BCUT2D eigenvalue weighted by atomic mass is 16.5. The van der Waals surface area contributed by atoms with Crippen LogP contribution in [-0.2, 0) is 6.54 Å². The minimum atomic E-state index is -0.946. The van der Waals surface area contributed by atoms with E-state index in [1.807, 2.05) is 18.2 Å². The Kier molecular flexibility index (Phi) is 2.95. The van der Waals surface area contributed by atoms with E-state index in [1.165, 1.54) is 11.8 Å². The maximum Gasteiger partial charge on any atom is 0.338 e. The van der Waals surface area contributed by atoms with Crippen molar-refractivity contribution in [3.8, 4) is 5.75 Å². The van der Waals surface area contributed by atoms with Crippen LogP contribution in [0.4, 0.5) is 0 Å². The zero-order valence-electron chi connectivity index (χ0n) is 10.3. The van der Waals surface area contributed by atoms with Crippen LogP contribution in [0.1, 0.15) is 28.3 Å². The number of benzene rings is 1. The lowest BCUT2D eigenvalue weighted by Gasteiger charge is -2.25. The van der Waals surface area contributed by atoms with Crippen LogP contribution < -0.4 is 4.74 Å². The first-order valence-electron chi connectivity index (χ1n) is 6.21. The van der Waals surface area contributed by atoms with Crippen molar-refractivity contribution in [1.82, 2.24) is 9.78 Å². The van der Waals surface area contributed by atoms with Gasteiger partial charge < -0.3 is 9.84 Å². The van der Waals surface area contributed by atoms with Crippen LogP contribution in [-0.4, -0.2) is 27.5 Å². The number of ether oxygens (including phenoxy) is 1. The standard InChI is InChI=1S/C14H14N2O3/c17-14(18)11-7-15-16(9-11)8-10-5-6-19-13-4-2-1-3-12(10)13/h1-4,7,9-10H,5-6,8H2,(H,17,18). The lowest BCUT2D eigenvalue weighted by atomic mass is 9.93. The molecule has 0 spiro atoms. The highest BCUT2D eigenvalue weighted by Crippen LogP contribution is 2.34. The molecule has 1 N–H and O–H groups in total. The van der Waals surface area contributed by atoms with E-state index < -0.39 is 5.97 Å². The van der Waals surface area contributed by atoms with Crippen LogP contribution in [0.15, 0.2) is 36.7 Å². The van der Waals surface area contributed by atoms with Crippen molar-refractivity contribution in [3.05, 3.63) is 47.8 Å².